The first-order valence-electron chi connectivity index (χ1n) is 7.89. The van der Waals surface area contributed by atoms with Crippen molar-refractivity contribution in [2.75, 3.05) is 0 Å². The van der Waals surface area contributed by atoms with Crippen LogP contribution < -0.4 is 5.32 Å². The SMILES string of the molecule is CC(C)(CCC(=O)O)NC(=O)CCc1ncc(-c2ccccc2)o1. The van der Waals surface area contributed by atoms with E-state index in [2.05, 4.69) is 10.3 Å². The number of carboxylic acid groups (broad SMARTS) is 1. The fourth-order valence-electron chi connectivity index (χ4n) is 2.30. The Kier molecular flexibility index (Phi) is 5.73. The number of nitrogens with zero attached hydrogens (tertiary/aromatic N) is 1. The maximum Gasteiger partial charge on any atom is 0.303 e. The molecule has 6 heteroatoms. The van der Waals surface area contributed by atoms with Crippen molar-refractivity contribution in [3.05, 3.63) is 42.4 Å². The zero-order chi connectivity index (χ0) is 17.6. The lowest BCUT2D eigenvalue weighted by Gasteiger charge is -2.25. The maximum absolute atomic E-state index is 12.0. The van der Waals surface area contributed by atoms with E-state index in [0.29, 0.717) is 24.5 Å². The van der Waals surface area contributed by atoms with Gasteiger partial charge in [-0.05, 0) is 20.3 Å². The zero-order valence-electron chi connectivity index (χ0n) is 13.9. The Morgan fingerprint density at radius 3 is 2.58 bits per heavy atom. The van der Waals surface area contributed by atoms with E-state index in [1.165, 1.54) is 0 Å². The van der Waals surface area contributed by atoms with Crippen LogP contribution in [0.3, 0.4) is 0 Å². The topological polar surface area (TPSA) is 92.4 Å². The van der Waals surface area contributed by atoms with Crippen molar-refractivity contribution < 1.29 is 19.1 Å². The minimum absolute atomic E-state index is 0.0213. The molecule has 0 fully saturated rings. The van der Waals surface area contributed by atoms with E-state index in [4.69, 9.17) is 9.52 Å². The Hall–Kier alpha value is -2.63. The molecular weight excluding hydrogens is 308 g/mol. The number of carboxylic acids is 1. The summed E-state index contributed by atoms with van der Waals surface area (Å²) < 4.78 is 5.66. The van der Waals surface area contributed by atoms with Gasteiger partial charge in [-0.1, -0.05) is 30.3 Å². The molecule has 0 radical (unpaired) electrons. The van der Waals surface area contributed by atoms with Crippen molar-refractivity contribution in [2.24, 2.45) is 0 Å². The molecule has 0 aliphatic rings. The third-order valence-electron chi connectivity index (χ3n) is 3.62. The van der Waals surface area contributed by atoms with Crippen LogP contribution in [-0.2, 0) is 16.0 Å². The lowest BCUT2D eigenvalue weighted by molar-refractivity contribution is -0.137. The lowest BCUT2D eigenvalue weighted by atomic mass is 9.98. The number of hydrogen-bond donors (Lipinski definition) is 2. The fraction of sp³-hybridized carbons (Fsp3) is 0.389. The molecule has 0 aliphatic carbocycles. The second kappa shape index (κ2) is 7.77. The summed E-state index contributed by atoms with van der Waals surface area (Å²) in [6.45, 7) is 3.62. The molecule has 0 bridgehead atoms. The molecule has 24 heavy (non-hydrogen) atoms. The van der Waals surface area contributed by atoms with Crippen molar-refractivity contribution >= 4 is 11.9 Å². The van der Waals surface area contributed by atoms with Crippen molar-refractivity contribution in [3.8, 4) is 11.3 Å². The number of amides is 1. The van der Waals surface area contributed by atoms with Gasteiger partial charge in [0, 0.05) is 30.4 Å². The molecule has 0 unspecified atom stereocenters. The van der Waals surface area contributed by atoms with Crippen LogP contribution >= 0.6 is 0 Å². The van der Waals surface area contributed by atoms with Gasteiger partial charge >= 0.3 is 5.97 Å². The number of rotatable bonds is 8. The average Bonchev–Trinajstić information content (AvgIpc) is 3.01. The average molecular weight is 330 g/mol. The largest absolute Gasteiger partial charge is 0.481 e. The number of aromatic nitrogens is 1. The smallest absolute Gasteiger partial charge is 0.303 e. The molecule has 1 heterocycles. The third-order valence-corrected chi connectivity index (χ3v) is 3.62. The van der Waals surface area contributed by atoms with Gasteiger partial charge in [0.25, 0.3) is 0 Å². The van der Waals surface area contributed by atoms with Crippen molar-refractivity contribution in [1.29, 1.82) is 0 Å². The van der Waals surface area contributed by atoms with Crippen LogP contribution in [-0.4, -0.2) is 27.5 Å². The minimum Gasteiger partial charge on any atom is -0.481 e. The Labute approximate surface area is 140 Å². The molecule has 1 aromatic carbocycles. The number of hydrogen-bond acceptors (Lipinski definition) is 4. The van der Waals surface area contributed by atoms with E-state index in [1.807, 2.05) is 44.2 Å². The Bertz CT molecular complexity index is 692. The fourth-order valence-corrected chi connectivity index (χ4v) is 2.30. The quantitative estimate of drug-likeness (QED) is 0.776. The van der Waals surface area contributed by atoms with Crippen LogP contribution in [0.25, 0.3) is 11.3 Å². The summed E-state index contributed by atoms with van der Waals surface area (Å²) in [6, 6.07) is 9.63. The van der Waals surface area contributed by atoms with E-state index in [1.54, 1.807) is 6.20 Å². The minimum atomic E-state index is -0.870. The van der Waals surface area contributed by atoms with Gasteiger partial charge in [0.15, 0.2) is 11.7 Å². The molecule has 0 saturated carbocycles. The van der Waals surface area contributed by atoms with Gasteiger partial charge in [0.05, 0.1) is 6.20 Å². The Morgan fingerprint density at radius 1 is 1.21 bits per heavy atom. The first kappa shape index (κ1) is 17.7. The number of aryl methyl sites for hydroxylation is 1. The second-order valence-corrected chi connectivity index (χ2v) is 6.31. The van der Waals surface area contributed by atoms with Gasteiger partial charge in [-0.15, -0.1) is 0 Å². The highest BCUT2D eigenvalue weighted by molar-refractivity contribution is 5.77. The Balaban J connectivity index is 1.84. The molecule has 128 valence electrons. The second-order valence-electron chi connectivity index (χ2n) is 6.31. The molecule has 2 N–H and O–H groups in total. The molecule has 0 atom stereocenters. The molecule has 2 aromatic rings. The summed E-state index contributed by atoms with van der Waals surface area (Å²) in [5.74, 6) is 0.163. The first-order chi connectivity index (χ1) is 11.4. The first-order valence-corrected chi connectivity index (χ1v) is 7.89. The van der Waals surface area contributed by atoms with E-state index >= 15 is 0 Å². The molecule has 1 aromatic heterocycles. The predicted octanol–water partition coefficient (Wildman–Crippen LogP) is 3.03. The van der Waals surface area contributed by atoms with E-state index in [0.717, 1.165) is 5.56 Å². The highest BCUT2D eigenvalue weighted by atomic mass is 16.4. The standard InChI is InChI=1S/C18H22N2O4/c1-18(2,11-10-17(22)23)20-15(21)8-9-16-19-12-14(24-16)13-6-4-3-5-7-13/h3-7,12H,8-11H2,1-2H3,(H,20,21)(H,22,23). The van der Waals surface area contributed by atoms with Gasteiger partial charge in [0.2, 0.25) is 5.91 Å². The lowest BCUT2D eigenvalue weighted by Crippen LogP contribution is -2.43. The van der Waals surface area contributed by atoms with Gasteiger partial charge in [-0.2, -0.15) is 0 Å². The summed E-state index contributed by atoms with van der Waals surface area (Å²) in [4.78, 5) is 26.9. The Morgan fingerprint density at radius 2 is 1.92 bits per heavy atom. The van der Waals surface area contributed by atoms with Gasteiger partial charge < -0.3 is 14.8 Å². The summed E-state index contributed by atoms with van der Waals surface area (Å²) in [6.07, 6.45) is 2.69. The summed E-state index contributed by atoms with van der Waals surface area (Å²) in [5, 5.41) is 11.6. The maximum atomic E-state index is 12.0. The zero-order valence-corrected chi connectivity index (χ0v) is 13.9. The molecule has 1 amide bonds. The summed E-state index contributed by atoms with van der Waals surface area (Å²) >= 11 is 0. The predicted molar refractivity (Wildman–Crippen MR) is 89.4 cm³/mol. The van der Waals surface area contributed by atoms with Gasteiger partial charge in [0.1, 0.15) is 0 Å². The molecule has 0 aliphatic heterocycles. The molecular formula is C18H22N2O4. The summed E-state index contributed by atoms with van der Waals surface area (Å²) in [5.41, 5.74) is 0.386. The normalized spacial score (nSPS) is 11.2. The van der Waals surface area contributed by atoms with Crippen molar-refractivity contribution in [2.45, 2.75) is 45.1 Å². The number of oxazole rings is 1. The van der Waals surface area contributed by atoms with Crippen molar-refractivity contribution in [1.82, 2.24) is 10.3 Å². The highest BCUT2D eigenvalue weighted by Crippen LogP contribution is 2.20. The van der Waals surface area contributed by atoms with Gasteiger partial charge in [-0.3, -0.25) is 9.59 Å². The van der Waals surface area contributed by atoms with Gasteiger partial charge in [-0.25, -0.2) is 4.98 Å². The van der Waals surface area contributed by atoms with Crippen molar-refractivity contribution in [3.63, 3.8) is 0 Å². The van der Waals surface area contributed by atoms with Crippen LogP contribution in [0.4, 0.5) is 0 Å². The van der Waals surface area contributed by atoms with Crippen LogP contribution in [0.2, 0.25) is 0 Å². The van der Waals surface area contributed by atoms with E-state index in [9.17, 15) is 9.59 Å². The number of benzene rings is 1. The third kappa shape index (κ3) is 5.53. The molecule has 0 spiro atoms. The highest BCUT2D eigenvalue weighted by Gasteiger charge is 2.21. The molecule has 6 nitrogen and oxygen atoms in total. The monoisotopic (exact) mass is 330 g/mol. The van der Waals surface area contributed by atoms with Crippen LogP contribution in [0, 0.1) is 0 Å². The molecule has 2 rings (SSSR count). The number of carbonyl (C=O) groups is 2. The van der Waals surface area contributed by atoms with Crippen LogP contribution in [0.5, 0.6) is 0 Å². The summed E-state index contributed by atoms with van der Waals surface area (Å²) in [7, 11) is 0. The van der Waals surface area contributed by atoms with Crippen LogP contribution in [0.15, 0.2) is 40.9 Å². The van der Waals surface area contributed by atoms with E-state index in [-0.39, 0.29) is 18.7 Å². The van der Waals surface area contributed by atoms with Crippen LogP contribution in [0.1, 0.15) is 39.0 Å². The number of nitrogens with one attached hydrogen (secondary N) is 1. The van der Waals surface area contributed by atoms with E-state index < -0.39 is 11.5 Å². The number of carbonyl (C=O) groups excluding carboxylic acids is 1. The number of aliphatic carboxylic acids is 1. The molecule has 0 saturated heterocycles.